The van der Waals surface area contributed by atoms with Gasteiger partial charge in [0.2, 0.25) is 0 Å². The van der Waals surface area contributed by atoms with E-state index in [0.717, 1.165) is 67.1 Å². The lowest BCUT2D eigenvalue weighted by atomic mass is 9.80. The maximum absolute atomic E-state index is 10.7. The largest absolute Gasteiger partial charge is 0.492 e. The van der Waals surface area contributed by atoms with Crippen LogP contribution in [-0.4, -0.2) is 33.4 Å². The minimum Gasteiger partial charge on any atom is -0.492 e. The van der Waals surface area contributed by atoms with E-state index in [1.807, 2.05) is 31.3 Å². The van der Waals surface area contributed by atoms with E-state index in [4.69, 9.17) is 14.8 Å². The first-order chi connectivity index (χ1) is 14.6. The molecule has 158 valence electrons. The normalized spacial score (nSPS) is 19.5. The van der Waals surface area contributed by atoms with Crippen LogP contribution in [0.5, 0.6) is 5.75 Å². The van der Waals surface area contributed by atoms with Crippen LogP contribution in [0.3, 0.4) is 0 Å². The Balaban J connectivity index is 1.53. The molecule has 1 aliphatic carbocycles. The number of aromatic nitrogens is 2. The topological polar surface area (TPSA) is 90.5 Å². The first kappa shape index (κ1) is 20.3. The molecule has 1 saturated carbocycles. The Hall–Kier alpha value is -3.02. The van der Waals surface area contributed by atoms with E-state index in [-0.39, 0.29) is 6.42 Å². The molecule has 30 heavy (non-hydrogen) atoms. The lowest BCUT2D eigenvalue weighted by Gasteiger charge is -2.24. The number of hydrogen-bond donors (Lipinski definition) is 3. The van der Waals surface area contributed by atoms with E-state index < -0.39 is 5.97 Å². The molecule has 0 spiro atoms. The van der Waals surface area contributed by atoms with Crippen LogP contribution in [0.25, 0.3) is 17.5 Å². The molecule has 1 fully saturated rings. The Morgan fingerprint density at radius 3 is 3.03 bits per heavy atom. The molecule has 0 radical (unpaired) electrons. The number of ether oxygens (including phenoxy) is 1. The molecule has 6 nitrogen and oxygen atoms in total. The number of nitrogens with one attached hydrogen (secondary N) is 2. The van der Waals surface area contributed by atoms with Crippen LogP contribution in [0.2, 0.25) is 0 Å². The number of carboxylic acid groups (broad SMARTS) is 1. The predicted octanol–water partition coefficient (Wildman–Crippen LogP) is 5.58. The number of aliphatic carboxylic acids is 1. The van der Waals surface area contributed by atoms with Gasteiger partial charge in [0.1, 0.15) is 5.75 Å². The Labute approximate surface area is 176 Å². The highest BCUT2D eigenvalue weighted by Crippen LogP contribution is 2.37. The molecule has 1 aliphatic heterocycles. The second-order valence-corrected chi connectivity index (χ2v) is 7.93. The summed E-state index contributed by atoms with van der Waals surface area (Å²) in [7, 11) is 0. The number of nitrogens with zero attached hydrogens (tertiary/aromatic N) is 1. The number of allylic oxidation sites excluding steroid dienone is 2. The lowest BCUT2D eigenvalue weighted by Crippen LogP contribution is -2.17. The third-order valence-electron chi connectivity index (χ3n) is 5.79. The summed E-state index contributed by atoms with van der Waals surface area (Å²) in [6, 6.07) is 6.03. The van der Waals surface area contributed by atoms with E-state index >= 15 is 0 Å². The molecule has 6 heteroatoms. The van der Waals surface area contributed by atoms with Crippen molar-refractivity contribution < 1.29 is 14.6 Å². The third kappa shape index (κ3) is 4.58. The average Bonchev–Trinajstić information content (AvgIpc) is 3.45. The fourth-order valence-electron chi connectivity index (χ4n) is 4.39. The van der Waals surface area contributed by atoms with Gasteiger partial charge in [-0.1, -0.05) is 6.42 Å². The number of hydrogen-bond acceptors (Lipinski definition) is 3. The highest BCUT2D eigenvalue weighted by atomic mass is 16.5. The van der Waals surface area contributed by atoms with Gasteiger partial charge in [-0.05, 0) is 74.8 Å². The maximum atomic E-state index is 10.7. The minimum atomic E-state index is -0.707. The van der Waals surface area contributed by atoms with E-state index in [2.05, 4.69) is 22.1 Å². The van der Waals surface area contributed by atoms with Crippen molar-refractivity contribution in [2.75, 3.05) is 6.61 Å². The van der Waals surface area contributed by atoms with Gasteiger partial charge in [-0.15, -0.1) is 0 Å². The average molecular weight is 408 g/mol. The SMILES string of the molecule is CCOc1cc(-c2ccc[nH]2)[nH]c1C=C1C=C2C(=N1)CCCC2CCCCC(=O)O. The van der Waals surface area contributed by atoms with Gasteiger partial charge >= 0.3 is 5.97 Å². The van der Waals surface area contributed by atoms with Gasteiger partial charge in [0.15, 0.2) is 0 Å². The van der Waals surface area contributed by atoms with Crippen LogP contribution in [-0.2, 0) is 4.79 Å². The van der Waals surface area contributed by atoms with Crippen molar-refractivity contribution >= 4 is 17.8 Å². The smallest absolute Gasteiger partial charge is 0.303 e. The van der Waals surface area contributed by atoms with Crippen molar-refractivity contribution in [3.05, 3.63) is 47.4 Å². The zero-order chi connectivity index (χ0) is 20.9. The summed E-state index contributed by atoms with van der Waals surface area (Å²) >= 11 is 0. The number of carbonyl (C=O) groups is 1. The number of unbranched alkanes of at least 4 members (excludes halogenated alkanes) is 1. The van der Waals surface area contributed by atoms with Crippen molar-refractivity contribution in [2.24, 2.45) is 10.9 Å². The molecule has 0 bridgehead atoms. The summed E-state index contributed by atoms with van der Waals surface area (Å²) in [6.07, 6.45) is 12.5. The molecule has 2 aromatic heterocycles. The van der Waals surface area contributed by atoms with Gasteiger partial charge in [0.25, 0.3) is 0 Å². The van der Waals surface area contributed by atoms with Gasteiger partial charge in [0.05, 0.1) is 29.4 Å². The number of carboxylic acids is 1. The standard InChI is InChI=1S/C24H29N3O3/c1-2-30-23-15-21(20-10-6-12-25-20)27-22(23)14-17-13-18-16(7-3-4-11-24(28)29)8-5-9-19(18)26-17/h6,10,12-16,25,27H,2-5,7-9,11H2,1H3,(H,28,29). The second-order valence-electron chi connectivity index (χ2n) is 7.93. The highest BCUT2D eigenvalue weighted by Gasteiger charge is 2.27. The van der Waals surface area contributed by atoms with Crippen LogP contribution in [0.1, 0.15) is 57.6 Å². The van der Waals surface area contributed by atoms with E-state index in [0.29, 0.717) is 12.5 Å². The summed E-state index contributed by atoms with van der Waals surface area (Å²) in [5, 5.41) is 8.85. The molecule has 2 aromatic rings. The van der Waals surface area contributed by atoms with E-state index in [1.54, 1.807) is 0 Å². The monoisotopic (exact) mass is 407 g/mol. The quantitative estimate of drug-likeness (QED) is 0.474. The Kier molecular flexibility index (Phi) is 6.21. The molecular weight excluding hydrogens is 378 g/mol. The van der Waals surface area contributed by atoms with E-state index in [9.17, 15) is 4.79 Å². The van der Waals surface area contributed by atoms with Gasteiger partial charge in [-0.2, -0.15) is 0 Å². The minimum absolute atomic E-state index is 0.258. The summed E-state index contributed by atoms with van der Waals surface area (Å²) < 4.78 is 5.84. The number of aromatic amines is 2. The first-order valence-electron chi connectivity index (χ1n) is 10.9. The molecule has 4 rings (SSSR count). The van der Waals surface area contributed by atoms with Gasteiger partial charge in [0, 0.05) is 24.4 Å². The van der Waals surface area contributed by atoms with Crippen LogP contribution in [0.15, 0.2) is 46.7 Å². The highest BCUT2D eigenvalue weighted by molar-refractivity contribution is 6.05. The summed E-state index contributed by atoms with van der Waals surface area (Å²) in [4.78, 5) is 22.3. The first-order valence-corrected chi connectivity index (χ1v) is 10.9. The summed E-state index contributed by atoms with van der Waals surface area (Å²) in [5.41, 5.74) is 6.43. The Morgan fingerprint density at radius 2 is 2.27 bits per heavy atom. The Morgan fingerprint density at radius 1 is 1.37 bits per heavy atom. The molecule has 2 aliphatic rings. The predicted molar refractivity (Wildman–Crippen MR) is 119 cm³/mol. The van der Waals surface area contributed by atoms with Gasteiger partial charge < -0.3 is 19.8 Å². The molecular formula is C24H29N3O3. The summed E-state index contributed by atoms with van der Waals surface area (Å²) in [6.45, 7) is 2.59. The molecule has 0 aromatic carbocycles. The van der Waals surface area contributed by atoms with E-state index in [1.165, 1.54) is 11.3 Å². The summed E-state index contributed by atoms with van der Waals surface area (Å²) in [5.74, 6) is 0.607. The van der Waals surface area contributed by atoms with Crippen LogP contribution < -0.4 is 4.74 Å². The number of aliphatic imine (C=N–C) groups is 1. The lowest BCUT2D eigenvalue weighted by molar-refractivity contribution is -0.137. The molecule has 0 saturated heterocycles. The fourth-order valence-corrected chi connectivity index (χ4v) is 4.39. The Bertz CT molecular complexity index is 980. The van der Waals surface area contributed by atoms with Crippen LogP contribution >= 0.6 is 0 Å². The second kappa shape index (κ2) is 9.20. The van der Waals surface area contributed by atoms with Crippen molar-refractivity contribution in [1.29, 1.82) is 0 Å². The van der Waals surface area contributed by atoms with Crippen LogP contribution in [0, 0.1) is 5.92 Å². The van der Waals surface area contributed by atoms with Crippen molar-refractivity contribution in [1.82, 2.24) is 9.97 Å². The van der Waals surface area contributed by atoms with Crippen molar-refractivity contribution in [3.63, 3.8) is 0 Å². The third-order valence-corrected chi connectivity index (χ3v) is 5.79. The van der Waals surface area contributed by atoms with Crippen molar-refractivity contribution in [3.8, 4) is 17.1 Å². The maximum Gasteiger partial charge on any atom is 0.303 e. The fraction of sp³-hybridized carbons (Fsp3) is 0.417. The van der Waals surface area contributed by atoms with Crippen molar-refractivity contribution in [2.45, 2.75) is 51.9 Å². The van der Waals surface area contributed by atoms with Gasteiger partial charge in [-0.3, -0.25) is 9.79 Å². The number of fused-ring (bicyclic) bond motifs is 1. The van der Waals surface area contributed by atoms with Gasteiger partial charge in [-0.25, -0.2) is 0 Å². The zero-order valence-corrected chi connectivity index (χ0v) is 17.4. The number of rotatable bonds is 9. The molecule has 3 heterocycles. The molecule has 1 unspecified atom stereocenters. The molecule has 3 N–H and O–H groups in total. The molecule has 0 amide bonds. The van der Waals surface area contributed by atoms with Crippen LogP contribution in [0.4, 0.5) is 0 Å². The number of H-pyrrole nitrogens is 2. The zero-order valence-electron chi connectivity index (χ0n) is 17.4. The molecule has 1 atom stereocenters.